The summed E-state index contributed by atoms with van der Waals surface area (Å²) in [6.07, 6.45) is -5.13. The minimum Gasteiger partial charge on any atom is -0.481 e. The second-order valence-corrected chi connectivity index (χ2v) is 3.46. The first-order valence-corrected chi connectivity index (χ1v) is 5.05. The van der Waals surface area contributed by atoms with Crippen molar-refractivity contribution in [1.82, 2.24) is 4.98 Å². The third-order valence-corrected chi connectivity index (χ3v) is 2.22. The molecular weight excluding hydrogens is 279 g/mol. The zero-order valence-corrected chi connectivity index (χ0v) is 9.43. The Balaban J connectivity index is 3.32. The molecule has 0 saturated carbocycles. The molecule has 1 rings (SSSR count). The van der Waals surface area contributed by atoms with Gasteiger partial charge >= 0.3 is 12.3 Å². The van der Waals surface area contributed by atoms with Crippen molar-refractivity contribution in [2.45, 2.75) is 18.7 Å². The van der Waals surface area contributed by atoms with Gasteiger partial charge in [0.05, 0.1) is 12.3 Å². The highest BCUT2D eigenvalue weighted by Crippen LogP contribution is 2.27. The molecule has 18 heavy (non-hydrogen) atoms. The summed E-state index contributed by atoms with van der Waals surface area (Å²) in [5.41, 5.74) is -1.41. The molecule has 0 saturated heterocycles. The summed E-state index contributed by atoms with van der Waals surface area (Å²) in [6, 6.07) is 0. The normalized spacial score (nSPS) is 11.3. The number of aromatic nitrogens is 1. The molecule has 0 bridgehead atoms. The van der Waals surface area contributed by atoms with Gasteiger partial charge in [-0.1, -0.05) is 0 Å². The standard InChI is InChI=1S/C9H7ClF3NO4/c10-2-5-4(1-7(15)16)6(3-14-8(5)17)18-9(11,12)13/h3H,1-2H2,(H,14,17)(H,15,16). The van der Waals surface area contributed by atoms with Crippen molar-refractivity contribution in [2.24, 2.45) is 0 Å². The van der Waals surface area contributed by atoms with Crippen molar-refractivity contribution >= 4 is 17.6 Å². The quantitative estimate of drug-likeness (QED) is 0.824. The van der Waals surface area contributed by atoms with Crippen LogP contribution in [0.5, 0.6) is 5.75 Å². The molecular formula is C9H7ClF3NO4. The molecule has 0 aliphatic carbocycles. The van der Waals surface area contributed by atoms with E-state index >= 15 is 0 Å². The smallest absolute Gasteiger partial charge is 0.481 e. The lowest BCUT2D eigenvalue weighted by atomic mass is 10.1. The Kier molecular flexibility index (Phi) is 4.23. The van der Waals surface area contributed by atoms with Crippen LogP contribution in [-0.2, 0) is 17.1 Å². The summed E-state index contributed by atoms with van der Waals surface area (Å²) < 4.78 is 39.9. The second-order valence-electron chi connectivity index (χ2n) is 3.19. The fourth-order valence-corrected chi connectivity index (χ4v) is 1.58. The molecule has 0 radical (unpaired) electrons. The summed E-state index contributed by atoms with van der Waals surface area (Å²) in [5.74, 6) is -2.60. The van der Waals surface area contributed by atoms with Crippen LogP contribution in [0.3, 0.4) is 0 Å². The van der Waals surface area contributed by atoms with E-state index in [4.69, 9.17) is 16.7 Å². The fraction of sp³-hybridized carbons (Fsp3) is 0.333. The van der Waals surface area contributed by atoms with Crippen molar-refractivity contribution in [3.8, 4) is 5.75 Å². The number of carbonyl (C=O) groups is 1. The van der Waals surface area contributed by atoms with Crippen LogP contribution in [0.15, 0.2) is 11.0 Å². The summed E-state index contributed by atoms with van der Waals surface area (Å²) in [6.45, 7) is 0. The third kappa shape index (κ3) is 3.66. The van der Waals surface area contributed by atoms with Crippen LogP contribution in [0.1, 0.15) is 11.1 Å². The first-order chi connectivity index (χ1) is 8.24. The van der Waals surface area contributed by atoms with Gasteiger partial charge in [0, 0.05) is 17.3 Å². The predicted molar refractivity (Wildman–Crippen MR) is 54.6 cm³/mol. The number of nitrogens with one attached hydrogen (secondary N) is 1. The highest BCUT2D eigenvalue weighted by molar-refractivity contribution is 6.17. The molecule has 0 amide bonds. The van der Waals surface area contributed by atoms with Gasteiger partial charge in [-0.3, -0.25) is 9.59 Å². The van der Waals surface area contributed by atoms with E-state index in [1.165, 1.54) is 0 Å². The predicted octanol–water partition coefficient (Wildman–Crippen LogP) is 1.64. The molecule has 1 aromatic rings. The van der Waals surface area contributed by atoms with Crippen LogP contribution in [0.25, 0.3) is 0 Å². The van der Waals surface area contributed by atoms with E-state index < -0.39 is 41.5 Å². The van der Waals surface area contributed by atoms with Gasteiger partial charge in [-0.15, -0.1) is 24.8 Å². The van der Waals surface area contributed by atoms with Crippen LogP contribution < -0.4 is 10.3 Å². The molecule has 2 N–H and O–H groups in total. The lowest BCUT2D eigenvalue weighted by molar-refractivity contribution is -0.275. The zero-order chi connectivity index (χ0) is 13.9. The van der Waals surface area contributed by atoms with Crippen LogP contribution >= 0.6 is 11.6 Å². The lowest BCUT2D eigenvalue weighted by Crippen LogP contribution is -2.23. The zero-order valence-electron chi connectivity index (χ0n) is 8.68. The van der Waals surface area contributed by atoms with E-state index in [1.54, 1.807) is 0 Å². The van der Waals surface area contributed by atoms with E-state index in [0.29, 0.717) is 6.20 Å². The van der Waals surface area contributed by atoms with E-state index in [-0.39, 0.29) is 5.56 Å². The van der Waals surface area contributed by atoms with Crippen LogP contribution in [0.2, 0.25) is 0 Å². The average molecular weight is 286 g/mol. The number of aromatic amines is 1. The maximum Gasteiger partial charge on any atom is 0.573 e. The Morgan fingerprint density at radius 3 is 2.50 bits per heavy atom. The number of H-pyrrole nitrogens is 1. The Bertz CT molecular complexity index is 512. The number of rotatable bonds is 4. The molecule has 0 aliphatic heterocycles. The van der Waals surface area contributed by atoms with Crippen LogP contribution in [0.4, 0.5) is 13.2 Å². The number of carboxylic acids is 1. The van der Waals surface area contributed by atoms with E-state index in [1.807, 2.05) is 4.98 Å². The molecule has 0 spiro atoms. The summed E-state index contributed by atoms with van der Waals surface area (Å²) >= 11 is 5.41. The molecule has 100 valence electrons. The number of hydrogen-bond donors (Lipinski definition) is 2. The highest BCUT2D eigenvalue weighted by Gasteiger charge is 2.33. The van der Waals surface area contributed by atoms with E-state index in [0.717, 1.165) is 0 Å². The molecule has 0 aromatic carbocycles. The number of halogens is 4. The Labute approximate surface area is 103 Å². The van der Waals surface area contributed by atoms with E-state index in [2.05, 4.69) is 4.74 Å². The molecule has 0 aliphatic rings. The molecule has 0 unspecified atom stereocenters. The number of alkyl halides is 4. The first-order valence-electron chi connectivity index (χ1n) is 4.51. The molecule has 1 aromatic heterocycles. The van der Waals surface area contributed by atoms with Gasteiger partial charge in [0.2, 0.25) is 0 Å². The Hall–Kier alpha value is -1.70. The number of ether oxygens (including phenoxy) is 1. The van der Waals surface area contributed by atoms with Crippen molar-refractivity contribution in [1.29, 1.82) is 0 Å². The third-order valence-electron chi connectivity index (χ3n) is 1.96. The van der Waals surface area contributed by atoms with Crippen molar-refractivity contribution in [3.63, 3.8) is 0 Å². The summed E-state index contributed by atoms with van der Waals surface area (Å²) in [7, 11) is 0. The van der Waals surface area contributed by atoms with Gasteiger partial charge in [-0.25, -0.2) is 0 Å². The first kappa shape index (κ1) is 14.4. The molecule has 5 nitrogen and oxygen atoms in total. The van der Waals surface area contributed by atoms with Gasteiger partial charge in [-0.2, -0.15) is 0 Å². The van der Waals surface area contributed by atoms with Crippen molar-refractivity contribution in [2.75, 3.05) is 0 Å². The summed E-state index contributed by atoms with van der Waals surface area (Å²) in [4.78, 5) is 23.9. The Morgan fingerprint density at radius 2 is 2.06 bits per heavy atom. The SMILES string of the molecule is O=C(O)Cc1c(OC(F)(F)F)c[nH]c(=O)c1CCl. The minimum absolute atomic E-state index is 0.263. The van der Waals surface area contributed by atoms with Crippen LogP contribution in [-0.4, -0.2) is 22.4 Å². The molecule has 1 heterocycles. The minimum atomic E-state index is -4.99. The molecule has 0 atom stereocenters. The monoisotopic (exact) mass is 285 g/mol. The van der Waals surface area contributed by atoms with Gasteiger partial charge in [0.1, 0.15) is 5.75 Å². The van der Waals surface area contributed by atoms with E-state index in [9.17, 15) is 22.8 Å². The average Bonchev–Trinajstić information content (AvgIpc) is 2.20. The lowest BCUT2D eigenvalue weighted by Gasteiger charge is -2.13. The largest absolute Gasteiger partial charge is 0.573 e. The van der Waals surface area contributed by atoms with Gasteiger partial charge < -0.3 is 14.8 Å². The fourth-order valence-electron chi connectivity index (χ4n) is 1.29. The topological polar surface area (TPSA) is 79.4 Å². The second kappa shape index (κ2) is 5.30. The highest BCUT2D eigenvalue weighted by atomic mass is 35.5. The van der Waals surface area contributed by atoms with Crippen molar-refractivity contribution in [3.05, 3.63) is 27.7 Å². The maximum atomic E-state index is 12.1. The van der Waals surface area contributed by atoms with Gasteiger partial charge in [0.15, 0.2) is 0 Å². The Morgan fingerprint density at radius 1 is 1.44 bits per heavy atom. The molecule has 0 fully saturated rings. The van der Waals surface area contributed by atoms with Crippen LogP contribution in [0, 0.1) is 0 Å². The van der Waals surface area contributed by atoms with Gasteiger partial charge in [-0.05, 0) is 0 Å². The van der Waals surface area contributed by atoms with Crippen molar-refractivity contribution < 1.29 is 27.8 Å². The number of hydrogen-bond acceptors (Lipinski definition) is 3. The number of pyridine rings is 1. The number of carboxylic acid groups (broad SMARTS) is 1. The number of aliphatic carboxylic acids is 1. The molecule has 9 heteroatoms. The maximum absolute atomic E-state index is 12.1. The summed E-state index contributed by atoms with van der Waals surface area (Å²) in [5, 5.41) is 8.61. The van der Waals surface area contributed by atoms with Gasteiger partial charge in [0.25, 0.3) is 5.56 Å².